The van der Waals surface area contributed by atoms with Gasteiger partial charge in [-0.25, -0.2) is 9.18 Å². The number of urea groups is 1. The first-order chi connectivity index (χ1) is 13.4. The maximum absolute atomic E-state index is 12.9. The Morgan fingerprint density at radius 3 is 2.43 bits per heavy atom. The van der Waals surface area contributed by atoms with E-state index in [0.29, 0.717) is 24.2 Å². The number of hydrogen-bond donors (Lipinski definition) is 4. The lowest BCUT2D eigenvalue weighted by Gasteiger charge is -2.18. The van der Waals surface area contributed by atoms with Gasteiger partial charge in [0, 0.05) is 6.54 Å². The highest BCUT2D eigenvalue weighted by Crippen LogP contribution is 2.07. The summed E-state index contributed by atoms with van der Waals surface area (Å²) in [6, 6.07) is 5.82. The van der Waals surface area contributed by atoms with E-state index in [1.807, 2.05) is 6.92 Å². The number of carbonyl (C=O) groups excluding carboxylic acids is 3. The Bertz CT molecular complexity index is 820. The molecule has 150 valence electrons. The minimum atomic E-state index is -0.830. The molecule has 0 saturated carbocycles. The number of rotatable bonds is 7. The van der Waals surface area contributed by atoms with Gasteiger partial charge in [0.1, 0.15) is 17.6 Å². The molecule has 0 aliphatic heterocycles. The number of benzene rings is 1. The second-order valence-electron chi connectivity index (χ2n) is 6.13. The van der Waals surface area contributed by atoms with Gasteiger partial charge in [-0.05, 0) is 37.1 Å². The van der Waals surface area contributed by atoms with Crippen LogP contribution in [0.5, 0.6) is 0 Å². The molecule has 1 atom stereocenters. The number of furan rings is 1. The van der Waals surface area contributed by atoms with Crippen LogP contribution in [-0.4, -0.2) is 23.9 Å². The number of amides is 4. The van der Waals surface area contributed by atoms with Crippen LogP contribution >= 0.6 is 0 Å². The van der Waals surface area contributed by atoms with Crippen molar-refractivity contribution in [3.63, 3.8) is 0 Å². The van der Waals surface area contributed by atoms with Crippen molar-refractivity contribution >= 4 is 17.8 Å². The summed E-state index contributed by atoms with van der Waals surface area (Å²) in [5.41, 5.74) is 5.62. The number of aryl methyl sites for hydroxylation is 1. The SMILES string of the molecule is CCCC(NC(=O)NCc1ccc(F)cc1)C(=O)NNC(=O)c1ccoc1C. The van der Waals surface area contributed by atoms with Crippen LogP contribution in [0, 0.1) is 12.7 Å². The Kier molecular flexibility index (Phi) is 7.55. The summed E-state index contributed by atoms with van der Waals surface area (Å²) in [5, 5.41) is 5.17. The number of hydrogen-bond acceptors (Lipinski definition) is 4. The average Bonchev–Trinajstić information content (AvgIpc) is 3.11. The molecule has 0 aliphatic carbocycles. The van der Waals surface area contributed by atoms with E-state index in [-0.39, 0.29) is 12.4 Å². The van der Waals surface area contributed by atoms with Gasteiger partial charge in [0.05, 0.1) is 11.8 Å². The highest BCUT2D eigenvalue weighted by Gasteiger charge is 2.21. The zero-order valence-corrected chi connectivity index (χ0v) is 15.7. The van der Waals surface area contributed by atoms with Crippen LogP contribution in [0.3, 0.4) is 0 Å². The molecule has 28 heavy (non-hydrogen) atoms. The highest BCUT2D eigenvalue weighted by atomic mass is 19.1. The van der Waals surface area contributed by atoms with Crippen LogP contribution in [-0.2, 0) is 11.3 Å². The fraction of sp³-hybridized carbons (Fsp3) is 0.316. The second kappa shape index (κ2) is 10.1. The lowest BCUT2D eigenvalue weighted by Crippen LogP contribution is -2.54. The summed E-state index contributed by atoms with van der Waals surface area (Å²) >= 11 is 0. The quantitative estimate of drug-likeness (QED) is 0.543. The minimum Gasteiger partial charge on any atom is -0.469 e. The molecule has 4 amide bonds. The fourth-order valence-corrected chi connectivity index (χ4v) is 2.44. The summed E-state index contributed by atoms with van der Waals surface area (Å²) in [4.78, 5) is 36.4. The normalized spacial score (nSPS) is 11.4. The van der Waals surface area contributed by atoms with Crippen LogP contribution in [0.1, 0.15) is 41.4 Å². The molecule has 0 aliphatic rings. The van der Waals surface area contributed by atoms with Gasteiger partial charge in [-0.15, -0.1) is 0 Å². The molecule has 2 aromatic rings. The van der Waals surface area contributed by atoms with E-state index in [1.54, 1.807) is 19.1 Å². The van der Waals surface area contributed by atoms with Gasteiger partial charge in [0.2, 0.25) is 0 Å². The van der Waals surface area contributed by atoms with Crippen molar-refractivity contribution in [2.75, 3.05) is 0 Å². The van der Waals surface area contributed by atoms with Gasteiger partial charge in [0.25, 0.3) is 11.8 Å². The molecule has 1 aromatic heterocycles. The summed E-state index contributed by atoms with van der Waals surface area (Å²) in [7, 11) is 0. The van der Waals surface area contributed by atoms with E-state index in [1.165, 1.54) is 24.5 Å². The molecule has 0 fully saturated rings. The minimum absolute atomic E-state index is 0.184. The van der Waals surface area contributed by atoms with Crippen molar-refractivity contribution in [1.82, 2.24) is 21.5 Å². The van der Waals surface area contributed by atoms with E-state index >= 15 is 0 Å². The molecule has 8 nitrogen and oxygen atoms in total. The van der Waals surface area contributed by atoms with Crippen LogP contribution in [0.25, 0.3) is 0 Å². The molecule has 1 unspecified atom stereocenters. The number of hydrazine groups is 1. The van der Waals surface area contributed by atoms with E-state index in [4.69, 9.17) is 4.42 Å². The van der Waals surface area contributed by atoms with Crippen molar-refractivity contribution in [3.8, 4) is 0 Å². The Morgan fingerprint density at radius 2 is 1.82 bits per heavy atom. The average molecular weight is 390 g/mol. The fourth-order valence-electron chi connectivity index (χ4n) is 2.44. The molecule has 1 heterocycles. The third kappa shape index (κ3) is 6.11. The first-order valence-electron chi connectivity index (χ1n) is 8.83. The molecule has 2 rings (SSSR count). The predicted octanol–water partition coefficient (Wildman–Crippen LogP) is 2.16. The highest BCUT2D eigenvalue weighted by molar-refractivity contribution is 5.97. The van der Waals surface area contributed by atoms with E-state index in [9.17, 15) is 18.8 Å². The van der Waals surface area contributed by atoms with Gasteiger partial charge < -0.3 is 15.1 Å². The van der Waals surface area contributed by atoms with Gasteiger partial charge in [-0.3, -0.25) is 20.4 Å². The first kappa shape index (κ1) is 20.9. The predicted molar refractivity (Wildman–Crippen MR) is 99.5 cm³/mol. The topological polar surface area (TPSA) is 112 Å². The Hall–Kier alpha value is -3.36. The lowest BCUT2D eigenvalue weighted by molar-refractivity contribution is -0.123. The molecular formula is C19H23FN4O4. The molecule has 0 saturated heterocycles. The molecular weight excluding hydrogens is 367 g/mol. The number of nitrogens with one attached hydrogen (secondary N) is 4. The Morgan fingerprint density at radius 1 is 1.11 bits per heavy atom. The van der Waals surface area contributed by atoms with E-state index < -0.39 is 23.9 Å². The maximum atomic E-state index is 12.9. The van der Waals surface area contributed by atoms with Gasteiger partial charge in [-0.2, -0.15) is 0 Å². The second-order valence-corrected chi connectivity index (χ2v) is 6.13. The van der Waals surface area contributed by atoms with Crippen LogP contribution in [0.15, 0.2) is 41.0 Å². The van der Waals surface area contributed by atoms with Crippen molar-refractivity contribution in [1.29, 1.82) is 0 Å². The summed E-state index contributed by atoms with van der Waals surface area (Å²) in [6.45, 7) is 3.68. The van der Waals surface area contributed by atoms with Crippen molar-refractivity contribution in [2.24, 2.45) is 0 Å². The smallest absolute Gasteiger partial charge is 0.315 e. The van der Waals surface area contributed by atoms with E-state index in [2.05, 4.69) is 21.5 Å². The third-order valence-electron chi connectivity index (χ3n) is 3.97. The van der Waals surface area contributed by atoms with Gasteiger partial charge in [0.15, 0.2) is 0 Å². The molecule has 4 N–H and O–H groups in total. The summed E-state index contributed by atoms with van der Waals surface area (Å²) in [6.07, 6.45) is 2.40. The molecule has 0 spiro atoms. The van der Waals surface area contributed by atoms with Crippen molar-refractivity contribution < 1.29 is 23.2 Å². The number of carbonyl (C=O) groups is 3. The van der Waals surface area contributed by atoms with Gasteiger partial charge >= 0.3 is 6.03 Å². The van der Waals surface area contributed by atoms with Crippen molar-refractivity contribution in [3.05, 3.63) is 59.3 Å². The lowest BCUT2D eigenvalue weighted by atomic mass is 10.1. The summed E-state index contributed by atoms with van der Waals surface area (Å²) < 4.78 is 17.9. The zero-order valence-electron chi connectivity index (χ0n) is 15.7. The molecule has 0 bridgehead atoms. The van der Waals surface area contributed by atoms with Crippen LogP contribution < -0.4 is 21.5 Å². The van der Waals surface area contributed by atoms with Crippen LogP contribution in [0.4, 0.5) is 9.18 Å². The largest absolute Gasteiger partial charge is 0.469 e. The maximum Gasteiger partial charge on any atom is 0.315 e. The third-order valence-corrected chi connectivity index (χ3v) is 3.97. The zero-order chi connectivity index (χ0) is 20.5. The van der Waals surface area contributed by atoms with Gasteiger partial charge in [-0.1, -0.05) is 25.5 Å². The molecule has 9 heteroatoms. The monoisotopic (exact) mass is 390 g/mol. The molecule has 1 aromatic carbocycles. The van der Waals surface area contributed by atoms with Crippen LogP contribution in [0.2, 0.25) is 0 Å². The first-order valence-corrected chi connectivity index (χ1v) is 8.83. The van der Waals surface area contributed by atoms with Crippen molar-refractivity contribution in [2.45, 2.75) is 39.3 Å². The summed E-state index contributed by atoms with van der Waals surface area (Å²) in [5.74, 6) is -1.00. The van der Waals surface area contributed by atoms with E-state index in [0.717, 1.165) is 5.56 Å². The molecule has 0 radical (unpaired) electrons. The Balaban J connectivity index is 1.84. The Labute approximate surface area is 161 Å². The number of halogens is 1. The standard InChI is InChI=1S/C19H23FN4O4/c1-3-4-16(18(26)24-23-17(25)15-9-10-28-12(15)2)22-19(27)21-11-13-5-7-14(20)8-6-13/h5-10,16H,3-4,11H2,1-2H3,(H,23,25)(H,24,26)(H2,21,22,27).